The van der Waals surface area contributed by atoms with Gasteiger partial charge in [-0.05, 0) is 56.7 Å². The van der Waals surface area contributed by atoms with Crippen molar-refractivity contribution in [2.24, 2.45) is 0 Å². The Morgan fingerprint density at radius 2 is 1.88 bits per heavy atom. The molecule has 5 heteroatoms. The van der Waals surface area contributed by atoms with Gasteiger partial charge in [-0.15, -0.1) is 0 Å². The van der Waals surface area contributed by atoms with E-state index in [4.69, 9.17) is 0 Å². The van der Waals surface area contributed by atoms with Gasteiger partial charge in [0.05, 0.1) is 5.92 Å². The van der Waals surface area contributed by atoms with Crippen LogP contribution in [0.25, 0.3) is 0 Å². The molecule has 136 valence electrons. The number of hydrogen-bond donors (Lipinski definition) is 2. The molecule has 1 heterocycles. The molecule has 2 N–H and O–H groups in total. The molecule has 2 aromatic rings. The highest BCUT2D eigenvalue weighted by Crippen LogP contribution is 2.33. The number of para-hydroxylation sites is 1. The highest BCUT2D eigenvalue weighted by atomic mass is 16.2. The summed E-state index contributed by atoms with van der Waals surface area (Å²) in [6.07, 6.45) is 0.165. The van der Waals surface area contributed by atoms with Crippen LogP contribution in [0.3, 0.4) is 0 Å². The highest BCUT2D eigenvalue weighted by Gasteiger charge is 2.30. The molecule has 0 saturated carbocycles. The van der Waals surface area contributed by atoms with Crippen LogP contribution in [0.5, 0.6) is 0 Å². The fourth-order valence-corrected chi connectivity index (χ4v) is 3.46. The van der Waals surface area contributed by atoms with Crippen molar-refractivity contribution in [3.8, 4) is 0 Å². The zero-order chi connectivity index (χ0) is 18.7. The third-order valence-corrected chi connectivity index (χ3v) is 4.75. The molecule has 2 aromatic carbocycles. The first-order chi connectivity index (χ1) is 12.5. The van der Waals surface area contributed by atoms with Crippen LogP contribution in [0, 0.1) is 0 Å². The van der Waals surface area contributed by atoms with Crippen LogP contribution in [-0.4, -0.2) is 24.4 Å². The molecular weight excluding hydrogens is 326 g/mol. The molecule has 26 heavy (non-hydrogen) atoms. The number of nitrogens with zero attached hydrogens (tertiary/aromatic N) is 1. The van der Waals surface area contributed by atoms with E-state index in [-0.39, 0.29) is 18.2 Å². The average molecular weight is 351 g/mol. The number of benzene rings is 2. The van der Waals surface area contributed by atoms with Gasteiger partial charge in [0.25, 0.3) is 0 Å². The number of carbonyl (C=O) groups is 2. The van der Waals surface area contributed by atoms with E-state index < -0.39 is 5.92 Å². The van der Waals surface area contributed by atoms with Crippen LogP contribution in [0.2, 0.25) is 0 Å². The van der Waals surface area contributed by atoms with Gasteiger partial charge in [0, 0.05) is 36.1 Å². The van der Waals surface area contributed by atoms with E-state index in [2.05, 4.69) is 36.3 Å². The summed E-state index contributed by atoms with van der Waals surface area (Å²) < 4.78 is 0. The van der Waals surface area contributed by atoms with Gasteiger partial charge in [0.1, 0.15) is 0 Å². The molecule has 1 aliphatic heterocycles. The molecule has 0 saturated heterocycles. The summed E-state index contributed by atoms with van der Waals surface area (Å²) in [7, 11) is 0. The van der Waals surface area contributed by atoms with Crippen molar-refractivity contribution in [2.75, 3.05) is 22.1 Å². The summed E-state index contributed by atoms with van der Waals surface area (Å²) in [5.41, 5.74) is 3.44. The lowest BCUT2D eigenvalue weighted by molar-refractivity contribution is -0.123. The van der Waals surface area contributed by atoms with Gasteiger partial charge >= 0.3 is 0 Å². The Kier molecular flexibility index (Phi) is 5.26. The Bertz CT molecular complexity index is 799. The van der Waals surface area contributed by atoms with Crippen LogP contribution in [-0.2, 0) is 9.59 Å². The standard InChI is InChI=1S/C21H25N3O2/c1-4-24(14(2)3)16-11-9-15(10-12-16)22-21(26)18-13-20(25)23-19-8-6-5-7-17(18)19/h5-12,14,18H,4,13H2,1-3H3,(H,22,26)(H,23,25). The third kappa shape index (κ3) is 3.72. The molecule has 0 bridgehead atoms. The topological polar surface area (TPSA) is 61.4 Å². The summed E-state index contributed by atoms with van der Waals surface area (Å²) >= 11 is 0. The number of nitrogens with one attached hydrogen (secondary N) is 2. The van der Waals surface area contributed by atoms with E-state index >= 15 is 0 Å². The molecule has 2 amide bonds. The Hall–Kier alpha value is -2.82. The SMILES string of the molecule is CCN(c1ccc(NC(=O)C2CC(=O)Nc3ccccc32)cc1)C(C)C. The summed E-state index contributed by atoms with van der Waals surface area (Å²) in [5, 5.41) is 5.77. The largest absolute Gasteiger partial charge is 0.369 e. The lowest BCUT2D eigenvalue weighted by Crippen LogP contribution is -2.31. The lowest BCUT2D eigenvalue weighted by atomic mass is 9.90. The fourth-order valence-electron chi connectivity index (χ4n) is 3.46. The Morgan fingerprint density at radius 1 is 1.19 bits per heavy atom. The zero-order valence-electron chi connectivity index (χ0n) is 15.5. The fraction of sp³-hybridized carbons (Fsp3) is 0.333. The molecule has 0 aromatic heterocycles. The van der Waals surface area contributed by atoms with E-state index in [1.54, 1.807) is 0 Å². The quantitative estimate of drug-likeness (QED) is 0.856. The summed E-state index contributed by atoms with van der Waals surface area (Å²) in [4.78, 5) is 27.0. The molecule has 3 rings (SSSR count). The van der Waals surface area contributed by atoms with Crippen molar-refractivity contribution in [1.29, 1.82) is 0 Å². The second-order valence-corrected chi connectivity index (χ2v) is 6.81. The number of hydrogen-bond acceptors (Lipinski definition) is 3. The van der Waals surface area contributed by atoms with Crippen molar-refractivity contribution in [2.45, 2.75) is 39.2 Å². The van der Waals surface area contributed by atoms with Gasteiger partial charge in [-0.25, -0.2) is 0 Å². The maximum Gasteiger partial charge on any atom is 0.232 e. The van der Waals surface area contributed by atoms with Crippen LogP contribution >= 0.6 is 0 Å². The van der Waals surface area contributed by atoms with E-state index in [9.17, 15) is 9.59 Å². The van der Waals surface area contributed by atoms with Gasteiger partial charge in [-0.2, -0.15) is 0 Å². The monoisotopic (exact) mass is 351 g/mol. The first-order valence-electron chi connectivity index (χ1n) is 9.06. The van der Waals surface area contributed by atoms with Crippen LogP contribution < -0.4 is 15.5 Å². The van der Waals surface area contributed by atoms with E-state index in [1.165, 1.54) is 0 Å². The molecule has 0 spiro atoms. The van der Waals surface area contributed by atoms with Crippen molar-refractivity contribution in [3.05, 3.63) is 54.1 Å². The maximum absolute atomic E-state index is 12.8. The number of anilines is 3. The minimum Gasteiger partial charge on any atom is -0.369 e. The van der Waals surface area contributed by atoms with Crippen molar-refractivity contribution < 1.29 is 9.59 Å². The molecule has 0 aliphatic carbocycles. The molecule has 1 unspecified atom stereocenters. The zero-order valence-corrected chi connectivity index (χ0v) is 15.5. The molecule has 1 atom stereocenters. The Balaban J connectivity index is 1.75. The normalized spacial score (nSPS) is 16.0. The minimum absolute atomic E-state index is 0.130. The lowest BCUT2D eigenvalue weighted by Gasteiger charge is -2.28. The average Bonchev–Trinajstić information content (AvgIpc) is 2.62. The number of rotatable bonds is 5. The van der Waals surface area contributed by atoms with Gasteiger partial charge < -0.3 is 15.5 Å². The summed E-state index contributed by atoms with van der Waals surface area (Å²) in [6.45, 7) is 7.37. The smallest absolute Gasteiger partial charge is 0.232 e. The van der Waals surface area contributed by atoms with Crippen LogP contribution in [0.1, 0.15) is 38.7 Å². The van der Waals surface area contributed by atoms with Crippen molar-refractivity contribution >= 4 is 28.9 Å². The summed E-state index contributed by atoms with van der Waals surface area (Å²) in [5.74, 6) is -0.756. The maximum atomic E-state index is 12.8. The Morgan fingerprint density at radius 3 is 2.54 bits per heavy atom. The first-order valence-corrected chi connectivity index (χ1v) is 9.06. The van der Waals surface area contributed by atoms with E-state index in [0.29, 0.717) is 6.04 Å². The highest BCUT2D eigenvalue weighted by molar-refractivity contribution is 6.05. The van der Waals surface area contributed by atoms with Gasteiger partial charge in [-0.3, -0.25) is 9.59 Å². The predicted molar refractivity (Wildman–Crippen MR) is 106 cm³/mol. The number of amides is 2. The second kappa shape index (κ2) is 7.60. The van der Waals surface area contributed by atoms with Crippen molar-refractivity contribution in [3.63, 3.8) is 0 Å². The second-order valence-electron chi connectivity index (χ2n) is 6.81. The first kappa shape index (κ1) is 18.0. The van der Waals surface area contributed by atoms with Gasteiger partial charge in [0.2, 0.25) is 11.8 Å². The van der Waals surface area contributed by atoms with Crippen LogP contribution in [0.15, 0.2) is 48.5 Å². The van der Waals surface area contributed by atoms with Gasteiger partial charge in [0.15, 0.2) is 0 Å². The summed E-state index contributed by atoms with van der Waals surface area (Å²) in [6, 6.07) is 15.7. The third-order valence-electron chi connectivity index (χ3n) is 4.75. The van der Waals surface area contributed by atoms with E-state index in [0.717, 1.165) is 29.2 Å². The molecule has 5 nitrogen and oxygen atoms in total. The Labute approximate surface area is 154 Å². The molecule has 0 radical (unpaired) electrons. The number of fused-ring (bicyclic) bond motifs is 1. The van der Waals surface area contributed by atoms with Crippen LogP contribution in [0.4, 0.5) is 17.1 Å². The molecular formula is C21H25N3O2. The van der Waals surface area contributed by atoms with Gasteiger partial charge in [-0.1, -0.05) is 18.2 Å². The molecule has 0 fully saturated rings. The minimum atomic E-state index is -0.470. The molecule has 1 aliphatic rings. The van der Waals surface area contributed by atoms with Crippen molar-refractivity contribution in [1.82, 2.24) is 0 Å². The van der Waals surface area contributed by atoms with E-state index in [1.807, 2.05) is 48.5 Å². The predicted octanol–water partition coefficient (Wildman–Crippen LogP) is 3.99. The number of carbonyl (C=O) groups excluding carboxylic acids is 2.